The van der Waals surface area contributed by atoms with Gasteiger partial charge in [0.2, 0.25) is 5.72 Å². The summed E-state index contributed by atoms with van der Waals surface area (Å²) in [6.07, 6.45) is -6.48. The van der Waals surface area contributed by atoms with Gasteiger partial charge in [0.15, 0.2) is 35.3 Å². The van der Waals surface area contributed by atoms with E-state index in [1.807, 2.05) is 0 Å². The summed E-state index contributed by atoms with van der Waals surface area (Å²) in [5.41, 5.74) is 2.31. The zero-order valence-corrected chi connectivity index (χ0v) is 25.0. The maximum atomic E-state index is 16.0. The molecule has 24 heteroatoms. The zero-order chi connectivity index (χ0) is 31.9. The van der Waals surface area contributed by atoms with E-state index >= 15 is 4.39 Å². The van der Waals surface area contributed by atoms with Crippen molar-refractivity contribution in [1.29, 1.82) is 0 Å². The lowest BCUT2D eigenvalue weighted by Gasteiger charge is -2.34. The first kappa shape index (κ1) is 30.8. The molecule has 0 aliphatic carbocycles. The number of H-pyrrole nitrogens is 1. The number of hydrogen-bond donors (Lipinski definition) is 5. The molecule has 4 aromatic heterocycles. The predicted molar refractivity (Wildman–Crippen MR) is 147 cm³/mol. The Hall–Kier alpha value is -2.88. The van der Waals surface area contributed by atoms with E-state index in [1.165, 1.54) is 6.33 Å². The van der Waals surface area contributed by atoms with Crippen molar-refractivity contribution < 1.29 is 55.5 Å². The number of aliphatic hydroxyl groups excluding tert-OH is 1. The molecule has 0 radical (unpaired) electrons. The summed E-state index contributed by atoms with van der Waals surface area (Å²) in [5.74, 6) is -1.10. The number of nitrogens with two attached hydrogens (primary N) is 1. The van der Waals surface area contributed by atoms with Gasteiger partial charge in [-0.15, -0.1) is 0 Å². The lowest BCUT2D eigenvalue weighted by molar-refractivity contribution is -0.109. The highest BCUT2D eigenvalue weighted by atomic mass is 32.7. The molecule has 2 bridgehead atoms. The number of aromatic amines is 1. The molecule has 3 aliphatic rings. The topological polar surface area (TPSA) is 250 Å². The van der Waals surface area contributed by atoms with Gasteiger partial charge in [0, 0.05) is 6.20 Å². The second-order valence-corrected chi connectivity index (χ2v) is 14.5. The van der Waals surface area contributed by atoms with Gasteiger partial charge in [-0.1, -0.05) is 12.2 Å². The monoisotopic (exact) mass is 694 g/mol. The molecule has 3 saturated heterocycles. The van der Waals surface area contributed by atoms with Crippen LogP contribution in [-0.2, 0) is 42.4 Å². The summed E-state index contributed by atoms with van der Waals surface area (Å²) in [6.45, 7) is -6.87. The van der Waals surface area contributed by atoms with Gasteiger partial charge in [-0.25, -0.2) is 37.8 Å². The molecule has 0 spiro atoms. The number of aliphatic hydroxyl groups is 1. The van der Waals surface area contributed by atoms with Crippen LogP contribution in [0.15, 0.2) is 30.0 Å². The smallest absolute Gasteiger partial charge is 0.385 e. The van der Waals surface area contributed by atoms with Crippen LogP contribution in [0.3, 0.4) is 0 Å². The van der Waals surface area contributed by atoms with Crippen LogP contribution in [-0.4, -0.2) is 94.5 Å². The van der Waals surface area contributed by atoms with E-state index in [1.54, 1.807) is 0 Å². The van der Waals surface area contributed by atoms with Crippen LogP contribution in [0.4, 0.5) is 14.6 Å². The van der Waals surface area contributed by atoms with Crippen LogP contribution in [0.5, 0.6) is 0 Å². The maximum Gasteiger partial charge on any atom is 0.474 e. The molecule has 7 heterocycles. The standard InChI is InChI=1S/C21H22F2N8O11P2S/c22-8-1-31(17-11(8)19(33)28-6-26-17)21-4-37-10(15(21)32)3-39-44(36,45)41-14-9(2-38-43(34,35)42-21)40-20(12(14)23)30-7-29-13-16(24)25-5-27-18(13)30/h1,5-7,9-10,12,14-15,20,32H,2-4H2,(H,34,35)(H,36,45)(H2,24,25,27)(H,26,28,33)/t9?,10-,12-,14-,15-,20-,21-,44?/m1/s1. The number of hydrogen-bond acceptors (Lipinski definition) is 15. The molecule has 7 rings (SSSR count). The molecular weight excluding hydrogens is 672 g/mol. The summed E-state index contributed by atoms with van der Waals surface area (Å²) < 4.78 is 92.3. The van der Waals surface area contributed by atoms with Crippen LogP contribution in [0.25, 0.3) is 22.2 Å². The number of ether oxygens (including phenoxy) is 2. The first-order valence-corrected chi connectivity index (χ1v) is 17.1. The summed E-state index contributed by atoms with van der Waals surface area (Å²) in [6, 6.07) is 0. The third kappa shape index (κ3) is 5.10. The lowest BCUT2D eigenvalue weighted by atomic mass is 10.1. The number of imidazole rings is 1. The van der Waals surface area contributed by atoms with Crippen molar-refractivity contribution in [3.63, 3.8) is 0 Å². The molecule has 0 aromatic carbocycles. The Kier molecular flexibility index (Phi) is 7.41. The van der Waals surface area contributed by atoms with Crippen molar-refractivity contribution in [2.75, 3.05) is 25.6 Å². The van der Waals surface area contributed by atoms with Crippen molar-refractivity contribution in [1.82, 2.24) is 34.1 Å². The van der Waals surface area contributed by atoms with E-state index in [-0.39, 0.29) is 22.6 Å². The first-order chi connectivity index (χ1) is 21.3. The van der Waals surface area contributed by atoms with Crippen molar-refractivity contribution in [2.24, 2.45) is 0 Å². The van der Waals surface area contributed by atoms with Gasteiger partial charge in [-0.05, 0) is 0 Å². The number of phosphoric acid groups is 1. The number of anilines is 1. The molecule has 45 heavy (non-hydrogen) atoms. The fourth-order valence-electron chi connectivity index (χ4n) is 5.46. The average molecular weight is 694 g/mol. The van der Waals surface area contributed by atoms with Gasteiger partial charge in [-0.3, -0.25) is 32.0 Å². The number of fused-ring (bicyclic) bond motifs is 5. The predicted octanol–water partition coefficient (Wildman–Crippen LogP) is 0.521. The van der Waals surface area contributed by atoms with E-state index in [9.17, 15) is 28.3 Å². The molecule has 242 valence electrons. The van der Waals surface area contributed by atoms with Gasteiger partial charge < -0.3 is 30.2 Å². The molecule has 3 aliphatic heterocycles. The Morgan fingerprint density at radius 2 is 1.93 bits per heavy atom. The van der Waals surface area contributed by atoms with E-state index in [4.69, 9.17) is 33.3 Å². The molecule has 3 unspecified atom stereocenters. The van der Waals surface area contributed by atoms with Crippen molar-refractivity contribution in [3.05, 3.63) is 41.3 Å². The Balaban J connectivity index is 1.26. The van der Waals surface area contributed by atoms with E-state index in [0.29, 0.717) is 6.20 Å². The van der Waals surface area contributed by atoms with Crippen LogP contribution < -0.4 is 11.3 Å². The van der Waals surface area contributed by atoms with E-state index in [2.05, 4.69) is 37.2 Å². The van der Waals surface area contributed by atoms with Gasteiger partial charge >= 0.3 is 14.6 Å². The number of alkyl halides is 1. The van der Waals surface area contributed by atoms with Crippen molar-refractivity contribution >= 4 is 54.9 Å². The Bertz CT molecular complexity index is 1960. The number of nitrogen functional groups attached to an aromatic ring is 1. The normalized spacial score (nSPS) is 37.7. The minimum atomic E-state index is -5.31. The Morgan fingerprint density at radius 3 is 2.73 bits per heavy atom. The molecule has 5 N–H and O–H groups in total. The Labute approximate surface area is 253 Å². The number of thiol groups is 1. The quantitative estimate of drug-likeness (QED) is 0.142. The zero-order valence-electron chi connectivity index (χ0n) is 22.3. The van der Waals surface area contributed by atoms with E-state index in [0.717, 1.165) is 21.8 Å². The number of nitrogens with one attached hydrogen (secondary N) is 1. The van der Waals surface area contributed by atoms with Gasteiger partial charge in [0.1, 0.15) is 41.6 Å². The van der Waals surface area contributed by atoms with Gasteiger partial charge in [-0.2, -0.15) is 0 Å². The minimum absolute atomic E-state index is 0.00375. The first-order valence-electron chi connectivity index (χ1n) is 12.9. The number of rotatable bonds is 2. The summed E-state index contributed by atoms with van der Waals surface area (Å²) in [5, 5.41) is 10.8. The lowest BCUT2D eigenvalue weighted by Crippen LogP contribution is -2.48. The van der Waals surface area contributed by atoms with Crippen molar-refractivity contribution in [2.45, 2.75) is 42.5 Å². The third-order valence-electron chi connectivity index (χ3n) is 7.53. The van der Waals surface area contributed by atoms with Gasteiger partial charge in [0.25, 0.3) is 5.56 Å². The summed E-state index contributed by atoms with van der Waals surface area (Å²) >= 11 is 3.93. The molecule has 0 saturated carbocycles. The average Bonchev–Trinajstić information content (AvgIpc) is 3.72. The highest BCUT2D eigenvalue weighted by molar-refractivity contribution is 8.44. The fourth-order valence-corrected chi connectivity index (χ4v) is 7.98. The number of aromatic nitrogens is 7. The SMILES string of the molecule is Nc1ncnc2c1ncn2[C@@H]1OC2COP(=O)(O)O[C@]3(n4cc(F)c5c(=O)[nH]cnc54)CO[C@H](COP(=O)(S)O[C@H]2[C@H]1F)[C@H]3O. The summed E-state index contributed by atoms with van der Waals surface area (Å²) in [7, 11) is -5.31. The number of nitrogens with zero attached hydrogens (tertiary/aromatic N) is 6. The second-order valence-electron chi connectivity index (χ2n) is 10.2. The third-order valence-corrected chi connectivity index (χ3v) is 10.2. The van der Waals surface area contributed by atoms with E-state index < -0.39 is 93.7 Å². The van der Waals surface area contributed by atoms with Gasteiger partial charge in [0.05, 0.1) is 32.5 Å². The molecule has 19 nitrogen and oxygen atoms in total. The van der Waals surface area contributed by atoms with Crippen LogP contribution >= 0.6 is 26.9 Å². The van der Waals surface area contributed by atoms with Crippen molar-refractivity contribution in [3.8, 4) is 0 Å². The van der Waals surface area contributed by atoms with Crippen LogP contribution in [0.1, 0.15) is 6.23 Å². The largest absolute Gasteiger partial charge is 0.474 e. The number of halogens is 2. The van der Waals surface area contributed by atoms with Crippen LogP contribution in [0.2, 0.25) is 0 Å². The highest BCUT2D eigenvalue weighted by Gasteiger charge is 2.58. The highest BCUT2D eigenvalue weighted by Crippen LogP contribution is 2.59. The molecule has 9 atom stereocenters. The molecule has 3 fully saturated rings. The van der Waals surface area contributed by atoms with Crippen LogP contribution in [0, 0.1) is 5.82 Å². The minimum Gasteiger partial charge on any atom is -0.385 e. The molecule has 4 aromatic rings. The molecular formula is C21H22F2N8O11P2S. The fraction of sp³-hybridized carbons (Fsp3) is 0.476. The number of phosphoric ester groups is 1. The summed E-state index contributed by atoms with van der Waals surface area (Å²) in [4.78, 5) is 41.2. The molecule has 0 amide bonds. The second kappa shape index (κ2) is 10.8. The maximum absolute atomic E-state index is 16.0. The Morgan fingerprint density at radius 1 is 1.16 bits per heavy atom.